The van der Waals surface area contributed by atoms with Gasteiger partial charge in [0, 0.05) is 19.1 Å². The van der Waals surface area contributed by atoms with E-state index in [-0.39, 0.29) is 6.04 Å². The second-order valence-electron chi connectivity index (χ2n) is 7.20. The molecule has 0 aromatic carbocycles. The molecule has 0 radical (unpaired) electrons. The van der Waals surface area contributed by atoms with Crippen molar-refractivity contribution in [2.24, 2.45) is 0 Å². The fourth-order valence-corrected chi connectivity index (χ4v) is 4.05. The molecule has 3 saturated heterocycles. The highest BCUT2D eigenvalue weighted by atomic mass is 16.3. The fourth-order valence-electron chi connectivity index (χ4n) is 4.05. The molecule has 0 bridgehead atoms. The lowest BCUT2D eigenvalue weighted by Gasteiger charge is -2.40. The number of hydrogen-bond donors (Lipinski definition) is 2. The van der Waals surface area contributed by atoms with Crippen LogP contribution in [-0.2, 0) is 4.79 Å². The van der Waals surface area contributed by atoms with Gasteiger partial charge in [-0.25, -0.2) is 0 Å². The number of hydrogen-bond acceptors (Lipinski definition) is 4. The molecule has 1 amide bonds. The van der Waals surface area contributed by atoms with Crippen molar-refractivity contribution in [2.45, 2.75) is 63.1 Å². The van der Waals surface area contributed by atoms with Gasteiger partial charge < -0.3 is 15.3 Å². The van der Waals surface area contributed by atoms with Crippen molar-refractivity contribution in [3.05, 3.63) is 0 Å². The average molecular weight is 295 g/mol. The van der Waals surface area contributed by atoms with Crippen LogP contribution < -0.4 is 5.32 Å². The zero-order valence-electron chi connectivity index (χ0n) is 13.2. The summed E-state index contributed by atoms with van der Waals surface area (Å²) in [5, 5.41) is 13.4. The lowest BCUT2D eigenvalue weighted by Crippen LogP contribution is -2.54. The van der Waals surface area contributed by atoms with Gasteiger partial charge in [-0.3, -0.25) is 9.69 Å². The molecule has 1 unspecified atom stereocenters. The van der Waals surface area contributed by atoms with Crippen LogP contribution in [0.1, 0.15) is 45.4 Å². The Kier molecular flexibility index (Phi) is 4.52. The van der Waals surface area contributed by atoms with E-state index in [9.17, 15) is 9.90 Å². The maximum Gasteiger partial charge on any atom is 0.239 e. The first-order chi connectivity index (χ1) is 10.1. The van der Waals surface area contributed by atoms with Crippen LogP contribution in [0.15, 0.2) is 0 Å². The first kappa shape index (κ1) is 15.3. The molecule has 21 heavy (non-hydrogen) atoms. The molecule has 0 saturated carbocycles. The van der Waals surface area contributed by atoms with Crippen LogP contribution in [0, 0.1) is 0 Å². The lowest BCUT2D eigenvalue weighted by molar-refractivity contribution is -0.140. The summed E-state index contributed by atoms with van der Waals surface area (Å²) >= 11 is 0. The number of nitrogens with zero attached hydrogens (tertiary/aromatic N) is 2. The van der Waals surface area contributed by atoms with Gasteiger partial charge in [0.2, 0.25) is 5.91 Å². The van der Waals surface area contributed by atoms with Crippen LogP contribution in [0.25, 0.3) is 0 Å². The van der Waals surface area contributed by atoms with Crippen molar-refractivity contribution >= 4 is 5.91 Å². The van der Waals surface area contributed by atoms with Crippen molar-refractivity contribution in [3.63, 3.8) is 0 Å². The Labute approximate surface area is 127 Å². The normalized spacial score (nSPS) is 31.5. The Balaban J connectivity index is 1.60. The van der Waals surface area contributed by atoms with Gasteiger partial charge in [-0.15, -0.1) is 0 Å². The Bertz CT molecular complexity index is 370. The molecule has 3 aliphatic rings. The molecule has 0 aromatic rings. The SMILES string of the molecule is CC1(O)CCN(C(=O)C2CCCN2C2CCNCC2)CC1. The van der Waals surface area contributed by atoms with Crippen LogP contribution in [-0.4, -0.2) is 71.2 Å². The van der Waals surface area contributed by atoms with Gasteiger partial charge in [-0.1, -0.05) is 0 Å². The Hall–Kier alpha value is -0.650. The van der Waals surface area contributed by atoms with Gasteiger partial charge in [-0.2, -0.15) is 0 Å². The highest BCUT2D eigenvalue weighted by molar-refractivity contribution is 5.82. The summed E-state index contributed by atoms with van der Waals surface area (Å²) in [5.41, 5.74) is -0.582. The largest absolute Gasteiger partial charge is 0.390 e. The van der Waals surface area contributed by atoms with Crippen molar-refractivity contribution in [1.29, 1.82) is 0 Å². The van der Waals surface area contributed by atoms with Crippen molar-refractivity contribution in [3.8, 4) is 0 Å². The van der Waals surface area contributed by atoms with Gasteiger partial charge in [0.1, 0.15) is 0 Å². The molecular weight excluding hydrogens is 266 g/mol. The third-order valence-corrected chi connectivity index (χ3v) is 5.51. The van der Waals surface area contributed by atoms with Gasteiger partial charge in [0.05, 0.1) is 11.6 Å². The number of nitrogens with one attached hydrogen (secondary N) is 1. The third kappa shape index (κ3) is 3.41. The molecule has 1 atom stereocenters. The highest BCUT2D eigenvalue weighted by Crippen LogP contribution is 2.28. The van der Waals surface area contributed by atoms with E-state index < -0.39 is 5.60 Å². The molecule has 120 valence electrons. The first-order valence-electron chi connectivity index (χ1n) is 8.54. The molecule has 2 N–H and O–H groups in total. The topological polar surface area (TPSA) is 55.8 Å². The number of amides is 1. The fraction of sp³-hybridized carbons (Fsp3) is 0.938. The second-order valence-corrected chi connectivity index (χ2v) is 7.20. The van der Waals surface area contributed by atoms with Crippen LogP contribution in [0.3, 0.4) is 0 Å². The van der Waals surface area contributed by atoms with E-state index in [1.165, 1.54) is 12.8 Å². The molecule has 3 rings (SSSR count). The smallest absolute Gasteiger partial charge is 0.239 e. The van der Waals surface area contributed by atoms with Crippen LogP contribution in [0.2, 0.25) is 0 Å². The molecule has 3 aliphatic heterocycles. The number of likely N-dealkylation sites (tertiary alicyclic amines) is 2. The predicted molar refractivity (Wildman–Crippen MR) is 82.1 cm³/mol. The van der Waals surface area contributed by atoms with E-state index in [2.05, 4.69) is 10.2 Å². The van der Waals surface area contributed by atoms with E-state index in [4.69, 9.17) is 0 Å². The van der Waals surface area contributed by atoms with E-state index in [0.29, 0.717) is 37.9 Å². The summed E-state index contributed by atoms with van der Waals surface area (Å²) in [4.78, 5) is 17.3. The number of aliphatic hydroxyl groups is 1. The molecule has 5 nitrogen and oxygen atoms in total. The van der Waals surface area contributed by atoms with Gasteiger partial charge in [-0.05, 0) is 65.1 Å². The Morgan fingerprint density at radius 3 is 2.48 bits per heavy atom. The molecule has 3 fully saturated rings. The zero-order chi connectivity index (χ0) is 14.9. The number of carbonyl (C=O) groups is 1. The summed E-state index contributed by atoms with van der Waals surface area (Å²) in [7, 11) is 0. The number of piperidine rings is 2. The first-order valence-corrected chi connectivity index (χ1v) is 8.54. The van der Waals surface area contributed by atoms with Crippen LogP contribution in [0.5, 0.6) is 0 Å². The van der Waals surface area contributed by atoms with E-state index in [0.717, 1.165) is 32.5 Å². The van der Waals surface area contributed by atoms with Gasteiger partial charge in [0.15, 0.2) is 0 Å². The summed E-state index contributed by atoms with van der Waals surface area (Å²) in [6.45, 7) is 6.53. The standard InChI is InChI=1S/C16H29N3O2/c1-16(21)6-11-18(12-7-16)15(20)14-3-2-10-19(14)13-4-8-17-9-5-13/h13-14,17,21H,2-12H2,1H3. The molecule has 3 heterocycles. The lowest BCUT2D eigenvalue weighted by atomic mass is 9.93. The van der Waals surface area contributed by atoms with E-state index in [1.807, 2.05) is 11.8 Å². The van der Waals surface area contributed by atoms with Gasteiger partial charge >= 0.3 is 0 Å². The van der Waals surface area contributed by atoms with E-state index in [1.54, 1.807) is 0 Å². The predicted octanol–water partition coefficient (Wildman–Crippen LogP) is 0.576. The Morgan fingerprint density at radius 2 is 1.81 bits per heavy atom. The minimum Gasteiger partial charge on any atom is -0.390 e. The average Bonchev–Trinajstić information content (AvgIpc) is 2.97. The summed E-state index contributed by atoms with van der Waals surface area (Å²) < 4.78 is 0. The zero-order valence-corrected chi connectivity index (χ0v) is 13.2. The summed E-state index contributed by atoms with van der Waals surface area (Å²) in [6.07, 6.45) is 5.90. The minimum atomic E-state index is -0.582. The number of carbonyl (C=O) groups excluding carboxylic acids is 1. The summed E-state index contributed by atoms with van der Waals surface area (Å²) in [5.74, 6) is 0.307. The van der Waals surface area contributed by atoms with Crippen LogP contribution in [0.4, 0.5) is 0 Å². The van der Waals surface area contributed by atoms with Crippen molar-refractivity contribution < 1.29 is 9.90 Å². The molecular formula is C16H29N3O2. The maximum absolute atomic E-state index is 12.9. The van der Waals surface area contributed by atoms with Gasteiger partial charge in [0.25, 0.3) is 0 Å². The number of rotatable bonds is 2. The van der Waals surface area contributed by atoms with Crippen LogP contribution >= 0.6 is 0 Å². The molecule has 0 aliphatic carbocycles. The quantitative estimate of drug-likeness (QED) is 0.782. The third-order valence-electron chi connectivity index (χ3n) is 5.51. The molecule has 0 aromatic heterocycles. The maximum atomic E-state index is 12.9. The monoisotopic (exact) mass is 295 g/mol. The Morgan fingerprint density at radius 1 is 1.14 bits per heavy atom. The van der Waals surface area contributed by atoms with Crippen molar-refractivity contribution in [2.75, 3.05) is 32.7 Å². The molecule has 0 spiro atoms. The molecule has 5 heteroatoms. The minimum absolute atomic E-state index is 0.0937. The van der Waals surface area contributed by atoms with E-state index >= 15 is 0 Å². The van der Waals surface area contributed by atoms with Crippen molar-refractivity contribution in [1.82, 2.24) is 15.1 Å². The summed E-state index contributed by atoms with van der Waals surface area (Å²) in [6, 6.07) is 0.673. The highest BCUT2D eigenvalue weighted by Gasteiger charge is 2.39. The second kappa shape index (κ2) is 6.23.